The van der Waals surface area contributed by atoms with E-state index < -0.39 is 21.6 Å². The van der Waals surface area contributed by atoms with Gasteiger partial charge in [-0.3, -0.25) is 14.5 Å². The Balaban J connectivity index is 1.47. The molecule has 0 unspecified atom stereocenters. The molecule has 2 saturated heterocycles. The topological polar surface area (TPSA) is 134 Å². The lowest BCUT2D eigenvalue weighted by molar-refractivity contribution is -0.132. The summed E-state index contributed by atoms with van der Waals surface area (Å²) in [6.45, 7) is 1.89. The van der Waals surface area contributed by atoms with E-state index in [1.54, 1.807) is 25.3 Å². The van der Waals surface area contributed by atoms with E-state index in [0.29, 0.717) is 62.4 Å². The molecule has 3 amide bonds. The molecule has 0 radical (unpaired) electrons. The van der Waals surface area contributed by atoms with Gasteiger partial charge in [-0.25, -0.2) is 17.9 Å². The fourth-order valence-corrected chi connectivity index (χ4v) is 4.81. The summed E-state index contributed by atoms with van der Waals surface area (Å²) in [5.74, 6) is 0.782. The number of likely N-dealkylation sites (tertiary alicyclic amines) is 1. The van der Waals surface area contributed by atoms with Crippen LogP contribution in [0.3, 0.4) is 0 Å². The maximum atomic E-state index is 12.9. The highest BCUT2D eigenvalue weighted by atomic mass is 32.2. The van der Waals surface area contributed by atoms with E-state index in [-0.39, 0.29) is 24.8 Å². The predicted octanol–water partition coefficient (Wildman–Crippen LogP) is 0.602. The Morgan fingerprint density at radius 2 is 1.85 bits per heavy atom. The number of hydrogen-bond donors (Lipinski definition) is 2. The number of Topliss-reactive ketones (excluding diaryl/α,β-unsaturated/α-hetero) is 1. The predicted molar refractivity (Wildman–Crippen MR) is 125 cm³/mol. The summed E-state index contributed by atoms with van der Waals surface area (Å²) >= 11 is 0. The molecule has 2 fully saturated rings. The normalized spacial score (nSPS) is 18.3. The SMILES string of the molecule is COc1ccc(C(=O)CCCN2CCC3(CC2)NC(=O)N(CCNS(C)(=O)=O)C3=O)c(OC)c1. The maximum Gasteiger partial charge on any atom is 0.325 e. The third-order valence-electron chi connectivity index (χ3n) is 6.24. The van der Waals surface area contributed by atoms with Crippen molar-refractivity contribution in [3.63, 3.8) is 0 Å². The van der Waals surface area contributed by atoms with Gasteiger partial charge in [0, 0.05) is 38.7 Å². The summed E-state index contributed by atoms with van der Waals surface area (Å²) in [5, 5.41) is 2.81. The number of hydrogen-bond acceptors (Lipinski definition) is 8. The molecule has 11 nitrogen and oxygen atoms in total. The van der Waals surface area contributed by atoms with Gasteiger partial charge >= 0.3 is 6.03 Å². The van der Waals surface area contributed by atoms with Crippen molar-refractivity contribution < 1.29 is 32.3 Å². The highest BCUT2D eigenvalue weighted by Gasteiger charge is 2.51. The molecule has 2 aliphatic heterocycles. The van der Waals surface area contributed by atoms with E-state index in [1.807, 2.05) is 0 Å². The number of imide groups is 1. The number of ether oxygens (including phenoxy) is 2. The second-order valence-electron chi connectivity index (χ2n) is 8.57. The fourth-order valence-electron chi connectivity index (χ4n) is 4.35. The minimum absolute atomic E-state index is 0.00967. The molecule has 12 heteroatoms. The first-order chi connectivity index (χ1) is 16.1. The lowest BCUT2D eigenvalue weighted by Gasteiger charge is -2.37. The molecule has 0 bridgehead atoms. The lowest BCUT2D eigenvalue weighted by atomic mass is 9.87. The van der Waals surface area contributed by atoms with E-state index in [0.717, 1.165) is 11.2 Å². The van der Waals surface area contributed by atoms with Crippen LogP contribution in [0, 0.1) is 0 Å². The number of nitrogens with zero attached hydrogens (tertiary/aromatic N) is 2. The molecule has 0 aliphatic carbocycles. The first-order valence-electron chi connectivity index (χ1n) is 11.1. The number of urea groups is 1. The first-order valence-corrected chi connectivity index (χ1v) is 13.0. The Morgan fingerprint density at radius 1 is 1.15 bits per heavy atom. The smallest absolute Gasteiger partial charge is 0.325 e. The van der Waals surface area contributed by atoms with Crippen molar-refractivity contribution in [2.75, 3.05) is 53.2 Å². The van der Waals surface area contributed by atoms with Crippen LogP contribution in [0.2, 0.25) is 0 Å². The van der Waals surface area contributed by atoms with Crippen LogP contribution in [0.1, 0.15) is 36.0 Å². The van der Waals surface area contributed by atoms with Crippen molar-refractivity contribution in [1.29, 1.82) is 0 Å². The van der Waals surface area contributed by atoms with Crippen molar-refractivity contribution in [2.45, 2.75) is 31.2 Å². The molecule has 1 spiro atoms. The summed E-state index contributed by atoms with van der Waals surface area (Å²) in [6, 6.07) is 4.63. The van der Waals surface area contributed by atoms with E-state index in [4.69, 9.17) is 9.47 Å². The van der Waals surface area contributed by atoms with Gasteiger partial charge < -0.3 is 19.7 Å². The quantitative estimate of drug-likeness (QED) is 0.336. The summed E-state index contributed by atoms with van der Waals surface area (Å²) in [5.41, 5.74) is -0.420. The summed E-state index contributed by atoms with van der Waals surface area (Å²) in [4.78, 5) is 41.1. The minimum Gasteiger partial charge on any atom is -0.497 e. The molecular weight excluding hydrogens is 464 g/mol. The van der Waals surface area contributed by atoms with Gasteiger partial charge in [0.05, 0.1) is 26.0 Å². The molecular formula is C22H32N4O7S. The molecule has 1 aromatic rings. The molecule has 2 N–H and O–H groups in total. The summed E-state index contributed by atoms with van der Waals surface area (Å²) in [7, 11) is -0.326. The number of nitrogens with one attached hydrogen (secondary N) is 2. The van der Waals surface area contributed by atoms with Gasteiger partial charge in [-0.2, -0.15) is 0 Å². The second-order valence-corrected chi connectivity index (χ2v) is 10.4. The van der Waals surface area contributed by atoms with Crippen LogP contribution < -0.4 is 19.5 Å². The van der Waals surface area contributed by atoms with Crippen LogP contribution in [-0.4, -0.2) is 94.7 Å². The Morgan fingerprint density at radius 3 is 2.47 bits per heavy atom. The average molecular weight is 497 g/mol. The average Bonchev–Trinajstić information content (AvgIpc) is 3.03. The number of sulfonamides is 1. The van der Waals surface area contributed by atoms with Gasteiger partial charge in [-0.15, -0.1) is 0 Å². The van der Waals surface area contributed by atoms with Crippen molar-refractivity contribution in [3.05, 3.63) is 23.8 Å². The molecule has 188 valence electrons. The van der Waals surface area contributed by atoms with Crippen molar-refractivity contribution in [2.24, 2.45) is 0 Å². The van der Waals surface area contributed by atoms with Crippen LogP contribution in [0.25, 0.3) is 0 Å². The molecule has 2 heterocycles. The minimum atomic E-state index is -3.39. The van der Waals surface area contributed by atoms with Gasteiger partial charge in [-0.05, 0) is 37.9 Å². The maximum absolute atomic E-state index is 12.9. The summed E-state index contributed by atoms with van der Waals surface area (Å²) in [6.07, 6.45) is 2.98. The van der Waals surface area contributed by atoms with E-state index in [1.165, 1.54) is 7.11 Å². The number of methoxy groups -OCH3 is 2. The largest absolute Gasteiger partial charge is 0.497 e. The second kappa shape index (κ2) is 10.7. The summed E-state index contributed by atoms with van der Waals surface area (Å²) < 4.78 is 35.2. The van der Waals surface area contributed by atoms with Crippen molar-refractivity contribution in [1.82, 2.24) is 19.8 Å². The molecule has 2 aliphatic rings. The number of benzene rings is 1. The van der Waals surface area contributed by atoms with Gasteiger partial charge in [-0.1, -0.05) is 0 Å². The van der Waals surface area contributed by atoms with Crippen molar-refractivity contribution in [3.8, 4) is 11.5 Å². The monoisotopic (exact) mass is 496 g/mol. The Labute approximate surface area is 199 Å². The van der Waals surface area contributed by atoms with Crippen LogP contribution in [0.4, 0.5) is 4.79 Å². The van der Waals surface area contributed by atoms with Gasteiger partial charge in [0.25, 0.3) is 5.91 Å². The van der Waals surface area contributed by atoms with E-state index >= 15 is 0 Å². The Kier molecular flexibility index (Phi) is 8.16. The molecule has 34 heavy (non-hydrogen) atoms. The first kappa shape index (κ1) is 25.9. The zero-order valence-electron chi connectivity index (χ0n) is 19.8. The van der Waals surface area contributed by atoms with E-state index in [2.05, 4.69) is 14.9 Å². The zero-order chi connectivity index (χ0) is 24.9. The van der Waals surface area contributed by atoms with Crippen LogP contribution in [0.15, 0.2) is 18.2 Å². The van der Waals surface area contributed by atoms with Crippen LogP contribution >= 0.6 is 0 Å². The van der Waals surface area contributed by atoms with E-state index in [9.17, 15) is 22.8 Å². The lowest BCUT2D eigenvalue weighted by Crippen LogP contribution is -2.55. The van der Waals surface area contributed by atoms with Gasteiger partial charge in [0.15, 0.2) is 5.78 Å². The number of carbonyl (C=O) groups is 3. The molecule has 1 aromatic carbocycles. The van der Waals surface area contributed by atoms with Crippen molar-refractivity contribution >= 4 is 27.7 Å². The third kappa shape index (κ3) is 6.05. The molecule has 0 saturated carbocycles. The molecule has 0 atom stereocenters. The number of rotatable bonds is 11. The van der Waals surface area contributed by atoms with Gasteiger partial charge in [0.1, 0.15) is 17.0 Å². The number of ketones is 1. The Bertz CT molecular complexity index is 1040. The zero-order valence-corrected chi connectivity index (χ0v) is 20.6. The highest BCUT2D eigenvalue weighted by molar-refractivity contribution is 7.88. The number of piperidine rings is 1. The van der Waals surface area contributed by atoms with Crippen LogP contribution in [0.5, 0.6) is 11.5 Å². The van der Waals surface area contributed by atoms with Crippen LogP contribution in [-0.2, 0) is 14.8 Å². The standard InChI is InChI=1S/C22H32N4O7S/c1-32-16-6-7-17(19(15-16)33-2)18(27)5-4-11-25-12-8-22(9-13-25)20(28)26(21(29)24-22)14-10-23-34(3,30)31/h6-7,15,23H,4-5,8-14H2,1-3H3,(H,24,29). The molecule has 0 aromatic heterocycles. The third-order valence-corrected chi connectivity index (χ3v) is 6.97. The fraction of sp³-hybridized carbons (Fsp3) is 0.591. The number of amides is 3. The number of carbonyl (C=O) groups excluding carboxylic acids is 3. The van der Waals surface area contributed by atoms with Gasteiger partial charge in [0.2, 0.25) is 10.0 Å². The highest BCUT2D eigenvalue weighted by Crippen LogP contribution is 2.30. The molecule has 3 rings (SSSR count). The Hall–Kier alpha value is -2.70.